The summed E-state index contributed by atoms with van der Waals surface area (Å²) in [4.78, 5) is 4.40. The molecule has 30 heavy (non-hydrogen) atoms. The van der Waals surface area contributed by atoms with Crippen molar-refractivity contribution in [2.75, 3.05) is 19.0 Å². The molecule has 0 amide bonds. The Balaban J connectivity index is 0.00000320. The molecule has 1 atom stereocenters. The van der Waals surface area contributed by atoms with Crippen LogP contribution in [0, 0.1) is 0 Å². The first-order chi connectivity index (χ1) is 14.0. The first kappa shape index (κ1) is 24.0. The van der Waals surface area contributed by atoms with Crippen molar-refractivity contribution in [3.8, 4) is 5.75 Å². The number of hydrogen-bond acceptors (Lipinski definition) is 3. The van der Waals surface area contributed by atoms with Gasteiger partial charge in [0.25, 0.3) is 0 Å². The van der Waals surface area contributed by atoms with E-state index in [4.69, 9.17) is 22.1 Å². The fourth-order valence-corrected chi connectivity index (χ4v) is 3.34. The molecule has 5 nitrogen and oxygen atoms in total. The van der Waals surface area contributed by atoms with Crippen LogP contribution in [0.2, 0.25) is 5.02 Å². The SMILES string of the molecule is COc1ccc(NC(N)=NCC(O)(Cc2ccccc2)c2ccccc2)cc1Cl.I. The van der Waals surface area contributed by atoms with Gasteiger partial charge in [0, 0.05) is 12.1 Å². The Bertz CT molecular complexity index is 971. The maximum absolute atomic E-state index is 11.4. The van der Waals surface area contributed by atoms with Gasteiger partial charge in [0.1, 0.15) is 11.4 Å². The molecule has 0 aliphatic rings. The third kappa shape index (κ3) is 6.35. The van der Waals surface area contributed by atoms with E-state index in [1.165, 1.54) is 0 Å². The monoisotopic (exact) mass is 537 g/mol. The zero-order chi connectivity index (χ0) is 20.7. The molecule has 0 bridgehead atoms. The average molecular weight is 538 g/mol. The summed E-state index contributed by atoms with van der Waals surface area (Å²) >= 11 is 6.15. The Morgan fingerprint density at radius 3 is 2.30 bits per heavy atom. The number of nitrogens with two attached hydrogens (primary N) is 1. The maximum Gasteiger partial charge on any atom is 0.193 e. The normalized spacial score (nSPS) is 13.1. The number of nitrogens with zero attached hydrogens (tertiary/aromatic N) is 1. The molecular weight excluding hydrogens is 513 g/mol. The summed E-state index contributed by atoms with van der Waals surface area (Å²) in [6.07, 6.45) is 0.420. The minimum atomic E-state index is -1.19. The van der Waals surface area contributed by atoms with Crippen molar-refractivity contribution in [3.05, 3.63) is 95.0 Å². The van der Waals surface area contributed by atoms with E-state index in [0.29, 0.717) is 22.9 Å². The second-order valence-corrected chi connectivity index (χ2v) is 7.14. The molecule has 7 heteroatoms. The highest BCUT2D eigenvalue weighted by atomic mass is 127. The van der Waals surface area contributed by atoms with Crippen molar-refractivity contribution in [2.45, 2.75) is 12.0 Å². The standard InChI is InChI=1S/C23H24ClN3O2.HI/c1-29-21-13-12-19(14-20(21)24)27-22(25)26-16-23(28,18-10-6-3-7-11-18)15-17-8-4-2-5-9-17;/h2-14,28H,15-16H2,1H3,(H3,25,26,27);1H. The average Bonchev–Trinajstić information content (AvgIpc) is 2.74. The van der Waals surface area contributed by atoms with Gasteiger partial charge in [-0.3, -0.25) is 0 Å². The number of ether oxygens (including phenoxy) is 1. The molecule has 0 fully saturated rings. The van der Waals surface area contributed by atoms with E-state index in [0.717, 1.165) is 11.1 Å². The molecule has 0 aliphatic heterocycles. The maximum atomic E-state index is 11.4. The van der Waals surface area contributed by atoms with Gasteiger partial charge >= 0.3 is 0 Å². The predicted octanol–water partition coefficient (Wildman–Crippen LogP) is 4.82. The summed E-state index contributed by atoms with van der Waals surface area (Å²) in [7, 11) is 1.56. The molecule has 3 rings (SSSR count). The van der Waals surface area contributed by atoms with Gasteiger partial charge in [-0.15, -0.1) is 24.0 Å². The number of aliphatic hydroxyl groups is 1. The first-order valence-electron chi connectivity index (χ1n) is 9.22. The van der Waals surface area contributed by atoms with Gasteiger partial charge in [-0.1, -0.05) is 72.3 Å². The van der Waals surface area contributed by atoms with E-state index in [-0.39, 0.29) is 36.5 Å². The number of anilines is 1. The van der Waals surface area contributed by atoms with Gasteiger partial charge in [-0.05, 0) is 29.3 Å². The van der Waals surface area contributed by atoms with Gasteiger partial charge in [-0.25, -0.2) is 4.99 Å². The van der Waals surface area contributed by atoms with Gasteiger partial charge in [-0.2, -0.15) is 0 Å². The van der Waals surface area contributed by atoms with Crippen LogP contribution in [0.3, 0.4) is 0 Å². The Morgan fingerprint density at radius 1 is 1.07 bits per heavy atom. The number of guanidine groups is 1. The largest absolute Gasteiger partial charge is 0.495 e. The predicted molar refractivity (Wildman–Crippen MR) is 134 cm³/mol. The molecule has 0 spiro atoms. The van der Waals surface area contributed by atoms with Gasteiger partial charge in [0.15, 0.2) is 5.96 Å². The number of aliphatic imine (C=N–C) groups is 1. The molecule has 3 aromatic carbocycles. The zero-order valence-corrected chi connectivity index (χ0v) is 19.7. The lowest BCUT2D eigenvalue weighted by Crippen LogP contribution is -2.34. The molecule has 1 unspecified atom stereocenters. The van der Waals surface area contributed by atoms with Gasteiger partial charge in [0.05, 0.1) is 18.7 Å². The van der Waals surface area contributed by atoms with Crippen LogP contribution in [0.5, 0.6) is 5.75 Å². The lowest BCUT2D eigenvalue weighted by atomic mass is 9.87. The van der Waals surface area contributed by atoms with E-state index >= 15 is 0 Å². The number of nitrogens with one attached hydrogen (secondary N) is 1. The highest BCUT2D eigenvalue weighted by molar-refractivity contribution is 14.0. The topological polar surface area (TPSA) is 79.9 Å². The summed E-state index contributed by atoms with van der Waals surface area (Å²) in [5.41, 5.74) is 7.36. The van der Waals surface area contributed by atoms with Crippen molar-refractivity contribution in [3.63, 3.8) is 0 Å². The fraction of sp³-hybridized carbons (Fsp3) is 0.174. The van der Waals surface area contributed by atoms with Crippen molar-refractivity contribution in [2.24, 2.45) is 10.7 Å². The number of rotatable bonds is 7. The molecule has 158 valence electrons. The first-order valence-corrected chi connectivity index (χ1v) is 9.60. The molecule has 0 aliphatic carbocycles. The van der Waals surface area contributed by atoms with Crippen LogP contribution in [-0.4, -0.2) is 24.7 Å². The second-order valence-electron chi connectivity index (χ2n) is 6.74. The lowest BCUT2D eigenvalue weighted by molar-refractivity contribution is 0.0468. The third-order valence-electron chi connectivity index (χ3n) is 4.59. The quantitative estimate of drug-likeness (QED) is 0.229. The van der Waals surface area contributed by atoms with E-state index < -0.39 is 5.60 Å². The smallest absolute Gasteiger partial charge is 0.193 e. The van der Waals surface area contributed by atoms with Crippen LogP contribution in [0.25, 0.3) is 0 Å². The summed E-state index contributed by atoms with van der Waals surface area (Å²) < 4.78 is 5.15. The Labute approximate surface area is 199 Å². The van der Waals surface area contributed by atoms with Crippen molar-refractivity contribution >= 4 is 47.2 Å². The Morgan fingerprint density at radius 2 is 1.70 bits per heavy atom. The number of hydrogen-bond donors (Lipinski definition) is 3. The van der Waals surface area contributed by atoms with Gasteiger partial charge in [0.2, 0.25) is 0 Å². The van der Waals surface area contributed by atoms with E-state index in [1.54, 1.807) is 25.3 Å². The van der Waals surface area contributed by atoms with Crippen molar-refractivity contribution in [1.82, 2.24) is 0 Å². The number of halogens is 2. The summed E-state index contributed by atoms with van der Waals surface area (Å²) in [6, 6.07) is 24.6. The van der Waals surface area contributed by atoms with Crippen LogP contribution >= 0.6 is 35.6 Å². The van der Waals surface area contributed by atoms with Crippen LogP contribution in [0.15, 0.2) is 83.9 Å². The summed E-state index contributed by atoms with van der Waals surface area (Å²) in [5.74, 6) is 0.766. The van der Waals surface area contributed by atoms with Crippen LogP contribution in [-0.2, 0) is 12.0 Å². The molecule has 0 aromatic heterocycles. The molecule has 3 aromatic rings. The second kappa shape index (κ2) is 11.2. The molecular formula is C23H25ClIN3O2. The molecule has 0 saturated heterocycles. The molecule has 4 N–H and O–H groups in total. The number of benzene rings is 3. The summed E-state index contributed by atoms with van der Waals surface area (Å²) in [6.45, 7) is 0.106. The zero-order valence-electron chi connectivity index (χ0n) is 16.6. The highest BCUT2D eigenvalue weighted by Gasteiger charge is 2.29. The van der Waals surface area contributed by atoms with E-state index in [2.05, 4.69) is 10.3 Å². The third-order valence-corrected chi connectivity index (χ3v) is 4.88. The highest BCUT2D eigenvalue weighted by Crippen LogP contribution is 2.28. The Hall–Kier alpha value is -2.29. The molecule has 0 radical (unpaired) electrons. The van der Waals surface area contributed by atoms with Crippen LogP contribution in [0.4, 0.5) is 5.69 Å². The van der Waals surface area contributed by atoms with Crippen LogP contribution in [0.1, 0.15) is 11.1 Å². The fourth-order valence-electron chi connectivity index (χ4n) is 3.08. The van der Waals surface area contributed by atoms with E-state index in [1.807, 2.05) is 60.7 Å². The van der Waals surface area contributed by atoms with Crippen molar-refractivity contribution in [1.29, 1.82) is 0 Å². The van der Waals surface area contributed by atoms with E-state index in [9.17, 15) is 5.11 Å². The Kier molecular flexibility index (Phi) is 8.95. The lowest BCUT2D eigenvalue weighted by Gasteiger charge is -2.27. The minimum Gasteiger partial charge on any atom is -0.495 e. The number of methoxy groups -OCH3 is 1. The minimum absolute atomic E-state index is 0. The molecule has 0 heterocycles. The van der Waals surface area contributed by atoms with Gasteiger partial charge < -0.3 is 20.9 Å². The van der Waals surface area contributed by atoms with Crippen LogP contribution < -0.4 is 15.8 Å². The summed E-state index contributed by atoms with van der Waals surface area (Å²) in [5, 5.41) is 14.9. The van der Waals surface area contributed by atoms with Crippen molar-refractivity contribution < 1.29 is 9.84 Å². The molecule has 0 saturated carbocycles.